The summed E-state index contributed by atoms with van der Waals surface area (Å²) in [6, 6.07) is 9.25. The van der Waals surface area contributed by atoms with Crippen LogP contribution >= 0.6 is 0 Å². The van der Waals surface area contributed by atoms with Gasteiger partial charge in [0.25, 0.3) is 0 Å². The average molecular weight is 269 g/mol. The Bertz CT molecular complexity index is 664. The van der Waals surface area contributed by atoms with Crippen molar-refractivity contribution in [1.29, 1.82) is 5.26 Å². The molecule has 0 amide bonds. The lowest BCUT2D eigenvalue weighted by Crippen LogP contribution is -2.05. The van der Waals surface area contributed by atoms with Crippen LogP contribution in [0.4, 0.5) is 10.2 Å². The topological polar surface area (TPSA) is 48.7 Å². The van der Waals surface area contributed by atoms with Gasteiger partial charge in [-0.15, -0.1) is 0 Å². The number of pyridine rings is 1. The minimum atomic E-state index is -0.167. The molecule has 0 radical (unpaired) electrons. The number of halogens is 1. The van der Waals surface area contributed by atoms with Crippen molar-refractivity contribution in [3.63, 3.8) is 0 Å². The van der Waals surface area contributed by atoms with E-state index in [2.05, 4.69) is 16.4 Å². The molecule has 0 aliphatic rings. The standard InChI is InChI=1S/C16H16FN3/c1-10-6-13(7-11(2)15(10)17)9-19-16-14(8-18)5-4-12(3)20-16/h4-7H,9H2,1-3H3,(H,19,20). The Kier molecular flexibility index (Phi) is 3.99. The molecule has 4 heteroatoms. The molecule has 1 aromatic heterocycles. The molecule has 0 spiro atoms. The van der Waals surface area contributed by atoms with Crippen LogP contribution in [0.15, 0.2) is 24.3 Å². The van der Waals surface area contributed by atoms with E-state index >= 15 is 0 Å². The Hall–Kier alpha value is -2.41. The van der Waals surface area contributed by atoms with Gasteiger partial charge in [0.2, 0.25) is 0 Å². The Morgan fingerprint density at radius 1 is 1.20 bits per heavy atom. The van der Waals surface area contributed by atoms with Crippen LogP contribution < -0.4 is 5.32 Å². The summed E-state index contributed by atoms with van der Waals surface area (Å²) in [6.07, 6.45) is 0. The zero-order valence-corrected chi connectivity index (χ0v) is 11.8. The molecular formula is C16H16FN3. The highest BCUT2D eigenvalue weighted by Gasteiger charge is 2.07. The number of rotatable bonds is 3. The minimum Gasteiger partial charge on any atom is -0.365 e. The zero-order chi connectivity index (χ0) is 14.7. The highest BCUT2D eigenvalue weighted by Crippen LogP contribution is 2.17. The van der Waals surface area contributed by atoms with E-state index in [1.807, 2.05) is 6.92 Å². The van der Waals surface area contributed by atoms with E-state index in [1.165, 1.54) is 0 Å². The van der Waals surface area contributed by atoms with Gasteiger partial charge in [0.1, 0.15) is 17.7 Å². The second-order valence-electron chi connectivity index (χ2n) is 4.86. The van der Waals surface area contributed by atoms with Crippen LogP contribution in [0.25, 0.3) is 0 Å². The van der Waals surface area contributed by atoms with Crippen LogP contribution in [0, 0.1) is 37.9 Å². The summed E-state index contributed by atoms with van der Waals surface area (Å²) >= 11 is 0. The third-order valence-corrected chi connectivity index (χ3v) is 3.11. The number of anilines is 1. The zero-order valence-electron chi connectivity index (χ0n) is 11.8. The van der Waals surface area contributed by atoms with E-state index < -0.39 is 0 Å². The number of hydrogen-bond acceptors (Lipinski definition) is 3. The van der Waals surface area contributed by atoms with Gasteiger partial charge in [-0.05, 0) is 49.6 Å². The van der Waals surface area contributed by atoms with Crippen molar-refractivity contribution in [2.24, 2.45) is 0 Å². The third kappa shape index (κ3) is 2.94. The van der Waals surface area contributed by atoms with Crippen LogP contribution in [-0.4, -0.2) is 4.98 Å². The highest BCUT2D eigenvalue weighted by atomic mass is 19.1. The maximum Gasteiger partial charge on any atom is 0.144 e. The molecule has 0 unspecified atom stereocenters. The molecule has 0 atom stereocenters. The summed E-state index contributed by atoms with van der Waals surface area (Å²) < 4.78 is 13.6. The van der Waals surface area contributed by atoms with Crippen LogP contribution in [0.3, 0.4) is 0 Å². The van der Waals surface area contributed by atoms with E-state index in [0.29, 0.717) is 29.1 Å². The van der Waals surface area contributed by atoms with Crippen LogP contribution in [0.1, 0.15) is 27.9 Å². The molecule has 0 aliphatic heterocycles. The molecule has 0 saturated carbocycles. The van der Waals surface area contributed by atoms with Gasteiger partial charge in [-0.25, -0.2) is 9.37 Å². The molecule has 1 heterocycles. The number of benzene rings is 1. The maximum atomic E-state index is 13.6. The summed E-state index contributed by atoms with van der Waals surface area (Å²) in [7, 11) is 0. The van der Waals surface area contributed by atoms with Crippen molar-refractivity contribution in [1.82, 2.24) is 4.98 Å². The lowest BCUT2D eigenvalue weighted by molar-refractivity contribution is 0.608. The maximum absolute atomic E-state index is 13.6. The van der Waals surface area contributed by atoms with Crippen molar-refractivity contribution in [3.8, 4) is 6.07 Å². The molecule has 1 aromatic carbocycles. The summed E-state index contributed by atoms with van der Waals surface area (Å²) in [6.45, 7) is 5.88. The number of hydrogen-bond donors (Lipinski definition) is 1. The Morgan fingerprint density at radius 2 is 1.85 bits per heavy atom. The molecule has 0 saturated heterocycles. The van der Waals surface area contributed by atoms with Crippen molar-refractivity contribution in [3.05, 3.63) is 58.0 Å². The first-order valence-electron chi connectivity index (χ1n) is 6.38. The lowest BCUT2D eigenvalue weighted by Gasteiger charge is -2.10. The van der Waals surface area contributed by atoms with E-state index in [-0.39, 0.29) is 5.82 Å². The number of nitrogens with one attached hydrogen (secondary N) is 1. The minimum absolute atomic E-state index is 0.167. The van der Waals surface area contributed by atoms with Gasteiger partial charge >= 0.3 is 0 Å². The number of aryl methyl sites for hydroxylation is 3. The van der Waals surface area contributed by atoms with Crippen LogP contribution in [0.5, 0.6) is 0 Å². The molecule has 1 N–H and O–H groups in total. The molecule has 0 fully saturated rings. The van der Waals surface area contributed by atoms with Crippen molar-refractivity contribution in [2.75, 3.05) is 5.32 Å². The van der Waals surface area contributed by atoms with Crippen LogP contribution in [-0.2, 0) is 6.54 Å². The van der Waals surface area contributed by atoms with Crippen molar-refractivity contribution >= 4 is 5.82 Å². The molecule has 20 heavy (non-hydrogen) atoms. The van der Waals surface area contributed by atoms with Gasteiger partial charge in [0, 0.05) is 12.2 Å². The molecule has 0 aliphatic carbocycles. The van der Waals surface area contributed by atoms with Gasteiger partial charge < -0.3 is 5.32 Å². The first-order chi connectivity index (χ1) is 9.51. The van der Waals surface area contributed by atoms with E-state index in [1.54, 1.807) is 38.1 Å². The molecule has 3 nitrogen and oxygen atoms in total. The van der Waals surface area contributed by atoms with Gasteiger partial charge in [-0.2, -0.15) is 5.26 Å². The summed E-state index contributed by atoms with van der Waals surface area (Å²) in [5.41, 5.74) is 3.57. The van der Waals surface area contributed by atoms with Crippen LogP contribution in [0.2, 0.25) is 0 Å². The summed E-state index contributed by atoms with van der Waals surface area (Å²) in [5, 5.41) is 12.2. The molecule has 0 bridgehead atoms. The fourth-order valence-corrected chi connectivity index (χ4v) is 2.11. The smallest absolute Gasteiger partial charge is 0.144 e. The van der Waals surface area contributed by atoms with Crippen molar-refractivity contribution < 1.29 is 4.39 Å². The predicted octanol–water partition coefficient (Wildman–Crippen LogP) is 3.63. The Labute approximate surface area is 118 Å². The van der Waals surface area contributed by atoms with Gasteiger partial charge in [-0.3, -0.25) is 0 Å². The fraction of sp³-hybridized carbons (Fsp3) is 0.250. The molecular weight excluding hydrogens is 253 g/mol. The third-order valence-electron chi connectivity index (χ3n) is 3.11. The van der Waals surface area contributed by atoms with Gasteiger partial charge in [0.05, 0.1) is 5.56 Å². The molecule has 2 rings (SSSR count). The van der Waals surface area contributed by atoms with E-state index in [4.69, 9.17) is 5.26 Å². The largest absolute Gasteiger partial charge is 0.365 e. The number of nitrogens with zero attached hydrogens (tertiary/aromatic N) is 2. The SMILES string of the molecule is Cc1ccc(C#N)c(NCc2cc(C)c(F)c(C)c2)n1. The van der Waals surface area contributed by atoms with Crippen molar-refractivity contribution in [2.45, 2.75) is 27.3 Å². The Balaban J connectivity index is 2.21. The first kappa shape index (κ1) is 14.0. The monoisotopic (exact) mass is 269 g/mol. The first-order valence-corrected chi connectivity index (χ1v) is 6.38. The molecule has 2 aromatic rings. The van der Waals surface area contributed by atoms with Gasteiger partial charge in [0.15, 0.2) is 0 Å². The normalized spacial score (nSPS) is 10.2. The summed E-state index contributed by atoms with van der Waals surface area (Å²) in [5.74, 6) is 0.396. The molecule has 102 valence electrons. The number of nitriles is 1. The number of aromatic nitrogens is 1. The highest BCUT2D eigenvalue weighted by molar-refractivity contribution is 5.52. The predicted molar refractivity (Wildman–Crippen MR) is 76.9 cm³/mol. The van der Waals surface area contributed by atoms with Gasteiger partial charge in [-0.1, -0.05) is 12.1 Å². The lowest BCUT2D eigenvalue weighted by atomic mass is 10.1. The average Bonchev–Trinajstić information content (AvgIpc) is 2.42. The van der Waals surface area contributed by atoms with E-state index in [0.717, 1.165) is 11.3 Å². The second kappa shape index (κ2) is 5.70. The summed E-state index contributed by atoms with van der Waals surface area (Å²) in [4.78, 5) is 4.31. The second-order valence-corrected chi connectivity index (χ2v) is 4.86. The quantitative estimate of drug-likeness (QED) is 0.925. The Morgan fingerprint density at radius 3 is 2.45 bits per heavy atom. The fourth-order valence-electron chi connectivity index (χ4n) is 2.11. The van der Waals surface area contributed by atoms with E-state index in [9.17, 15) is 4.39 Å².